The van der Waals surface area contributed by atoms with Gasteiger partial charge in [0.2, 0.25) is 0 Å². The van der Waals surface area contributed by atoms with Crippen molar-refractivity contribution in [2.45, 2.75) is 26.2 Å². The molecule has 0 spiro atoms. The summed E-state index contributed by atoms with van der Waals surface area (Å²) >= 11 is 0. The van der Waals surface area contributed by atoms with E-state index in [-0.39, 0.29) is 0 Å². The predicted molar refractivity (Wildman–Crippen MR) is 77.0 cm³/mol. The second kappa shape index (κ2) is 5.88. The minimum Gasteiger partial charge on any atom is -0.373 e. The Morgan fingerprint density at radius 1 is 1.33 bits per heavy atom. The summed E-state index contributed by atoms with van der Waals surface area (Å²) in [6, 6.07) is 8.74. The standard InChI is InChI=1S/C15H23N3/c1-12-8-13(15(2,3)11-16)10-14(9-12)18(5)7-6-17-4/h8-10,17H,6-7H2,1-5H3. The molecule has 18 heavy (non-hydrogen) atoms. The Morgan fingerprint density at radius 3 is 2.56 bits per heavy atom. The van der Waals surface area contributed by atoms with Gasteiger partial charge in [0.25, 0.3) is 0 Å². The molecule has 0 bridgehead atoms. The first-order chi connectivity index (χ1) is 8.40. The molecule has 3 nitrogen and oxygen atoms in total. The third-order valence-electron chi connectivity index (χ3n) is 3.20. The van der Waals surface area contributed by atoms with Crippen LogP contribution in [-0.2, 0) is 5.41 Å². The third-order valence-corrected chi connectivity index (χ3v) is 3.20. The summed E-state index contributed by atoms with van der Waals surface area (Å²) in [5, 5.41) is 12.4. The van der Waals surface area contributed by atoms with Gasteiger partial charge in [-0.25, -0.2) is 0 Å². The van der Waals surface area contributed by atoms with E-state index in [4.69, 9.17) is 0 Å². The second-order valence-corrected chi connectivity index (χ2v) is 5.32. The van der Waals surface area contributed by atoms with Crippen molar-refractivity contribution in [1.82, 2.24) is 5.32 Å². The minimum absolute atomic E-state index is 0.440. The lowest BCUT2D eigenvalue weighted by molar-refractivity contribution is 0.685. The number of nitriles is 1. The average Bonchev–Trinajstić information content (AvgIpc) is 2.35. The van der Waals surface area contributed by atoms with Crippen LogP contribution >= 0.6 is 0 Å². The highest BCUT2D eigenvalue weighted by atomic mass is 15.1. The SMILES string of the molecule is CNCCN(C)c1cc(C)cc(C(C)(C)C#N)c1. The number of nitrogens with one attached hydrogen (secondary N) is 1. The highest BCUT2D eigenvalue weighted by molar-refractivity contribution is 5.53. The van der Waals surface area contributed by atoms with E-state index in [2.05, 4.69) is 48.5 Å². The van der Waals surface area contributed by atoms with Gasteiger partial charge in [-0.3, -0.25) is 0 Å². The molecule has 0 saturated carbocycles. The predicted octanol–water partition coefficient (Wildman–Crippen LogP) is 2.45. The fourth-order valence-corrected chi connectivity index (χ4v) is 1.82. The maximum absolute atomic E-state index is 9.24. The van der Waals surface area contributed by atoms with E-state index < -0.39 is 5.41 Å². The summed E-state index contributed by atoms with van der Waals surface area (Å²) in [6.07, 6.45) is 0. The molecule has 98 valence electrons. The molecule has 0 amide bonds. The molecule has 0 atom stereocenters. The summed E-state index contributed by atoms with van der Waals surface area (Å²) in [4.78, 5) is 2.21. The quantitative estimate of drug-likeness (QED) is 0.866. The summed E-state index contributed by atoms with van der Waals surface area (Å²) in [5.74, 6) is 0. The van der Waals surface area contributed by atoms with E-state index in [1.807, 2.05) is 20.9 Å². The molecule has 0 aliphatic carbocycles. The molecule has 0 heterocycles. The van der Waals surface area contributed by atoms with Crippen LogP contribution in [0.3, 0.4) is 0 Å². The van der Waals surface area contributed by atoms with Crippen LogP contribution in [0.25, 0.3) is 0 Å². The van der Waals surface area contributed by atoms with E-state index in [0.29, 0.717) is 0 Å². The van der Waals surface area contributed by atoms with Gasteiger partial charge in [-0.1, -0.05) is 6.07 Å². The van der Waals surface area contributed by atoms with E-state index in [0.717, 1.165) is 18.7 Å². The maximum atomic E-state index is 9.24. The Morgan fingerprint density at radius 2 is 2.00 bits per heavy atom. The normalized spacial score (nSPS) is 11.1. The highest BCUT2D eigenvalue weighted by Crippen LogP contribution is 2.27. The number of nitrogens with zero attached hydrogens (tertiary/aromatic N) is 2. The maximum Gasteiger partial charge on any atom is 0.0767 e. The van der Waals surface area contributed by atoms with Crippen molar-refractivity contribution in [2.24, 2.45) is 0 Å². The molecule has 0 aliphatic rings. The summed E-state index contributed by atoms with van der Waals surface area (Å²) in [7, 11) is 4.03. The first-order valence-electron chi connectivity index (χ1n) is 6.30. The monoisotopic (exact) mass is 245 g/mol. The zero-order valence-corrected chi connectivity index (χ0v) is 12.0. The lowest BCUT2D eigenvalue weighted by atomic mass is 9.85. The Hall–Kier alpha value is -1.53. The molecule has 0 aromatic heterocycles. The van der Waals surface area contributed by atoms with Crippen molar-refractivity contribution in [3.63, 3.8) is 0 Å². The molecule has 3 heteroatoms. The second-order valence-electron chi connectivity index (χ2n) is 5.32. The summed E-state index contributed by atoms with van der Waals surface area (Å²) < 4.78 is 0. The summed E-state index contributed by atoms with van der Waals surface area (Å²) in [5.41, 5.74) is 3.01. The molecule has 1 aromatic carbocycles. The third kappa shape index (κ3) is 3.48. The number of rotatable bonds is 5. The van der Waals surface area contributed by atoms with E-state index in [1.54, 1.807) is 0 Å². The average molecular weight is 245 g/mol. The van der Waals surface area contributed by atoms with Crippen LogP contribution in [0.5, 0.6) is 0 Å². The van der Waals surface area contributed by atoms with E-state index in [1.165, 1.54) is 11.3 Å². The Kier molecular flexibility index (Phi) is 4.75. The van der Waals surface area contributed by atoms with Crippen LogP contribution in [0.2, 0.25) is 0 Å². The molecular formula is C15H23N3. The van der Waals surface area contributed by atoms with Gasteiger partial charge in [-0.15, -0.1) is 0 Å². The smallest absolute Gasteiger partial charge is 0.0767 e. The van der Waals surface area contributed by atoms with Crippen LogP contribution in [0.15, 0.2) is 18.2 Å². The van der Waals surface area contributed by atoms with Crippen molar-refractivity contribution in [1.29, 1.82) is 5.26 Å². The van der Waals surface area contributed by atoms with Crippen LogP contribution in [-0.4, -0.2) is 27.2 Å². The van der Waals surface area contributed by atoms with Crippen LogP contribution in [0, 0.1) is 18.3 Å². The number of hydrogen-bond acceptors (Lipinski definition) is 3. The number of benzene rings is 1. The zero-order chi connectivity index (χ0) is 13.8. The molecule has 1 aromatic rings. The van der Waals surface area contributed by atoms with Gasteiger partial charge >= 0.3 is 0 Å². The van der Waals surface area contributed by atoms with Gasteiger partial charge in [0, 0.05) is 25.8 Å². The van der Waals surface area contributed by atoms with Crippen LogP contribution in [0.4, 0.5) is 5.69 Å². The van der Waals surface area contributed by atoms with Gasteiger partial charge in [-0.2, -0.15) is 5.26 Å². The van der Waals surface area contributed by atoms with Gasteiger partial charge in [0.1, 0.15) is 0 Å². The molecule has 1 rings (SSSR count). The van der Waals surface area contributed by atoms with Crippen molar-refractivity contribution >= 4 is 5.69 Å². The molecule has 0 saturated heterocycles. The fraction of sp³-hybridized carbons (Fsp3) is 0.533. The van der Waals surface area contributed by atoms with E-state index >= 15 is 0 Å². The van der Waals surface area contributed by atoms with Crippen molar-refractivity contribution < 1.29 is 0 Å². The van der Waals surface area contributed by atoms with Gasteiger partial charge in [-0.05, 0) is 51.1 Å². The van der Waals surface area contributed by atoms with Crippen molar-refractivity contribution in [3.8, 4) is 6.07 Å². The molecule has 0 unspecified atom stereocenters. The van der Waals surface area contributed by atoms with Crippen molar-refractivity contribution in [3.05, 3.63) is 29.3 Å². The molecule has 0 aliphatic heterocycles. The minimum atomic E-state index is -0.440. The first kappa shape index (κ1) is 14.5. The fourth-order valence-electron chi connectivity index (χ4n) is 1.82. The number of hydrogen-bond donors (Lipinski definition) is 1. The molecule has 0 radical (unpaired) electrons. The van der Waals surface area contributed by atoms with Gasteiger partial charge < -0.3 is 10.2 Å². The highest BCUT2D eigenvalue weighted by Gasteiger charge is 2.20. The number of aryl methyl sites for hydroxylation is 1. The molecular weight excluding hydrogens is 222 g/mol. The van der Waals surface area contributed by atoms with Gasteiger partial charge in [0.15, 0.2) is 0 Å². The van der Waals surface area contributed by atoms with E-state index in [9.17, 15) is 5.26 Å². The Bertz CT molecular complexity index is 444. The van der Waals surface area contributed by atoms with Crippen molar-refractivity contribution in [2.75, 3.05) is 32.1 Å². The number of anilines is 1. The topological polar surface area (TPSA) is 39.1 Å². The lowest BCUT2D eigenvalue weighted by Gasteiger charge is -2.23. The van der Waals surface area contributed by atoms with Crippen LogP contribution < -0.4 is 10.2 Å². The first-order valence-corrected chi connectivity index (χ1v) is 6.30. The molecule has 1 N–H and O–H groups in total. The van der Waals surface area contributed by atoms with Crippen LogP contribution in [0.1, 0.15) is 25.0 Å². The Labute approximate surface area is 110 Å². The lowest BCUT2D eigenvalue weighted by Crippen LogP contribution is -2.27. The Balaban J connectivity index is 3.05. The van der Waals surface area contributed by atoms with Gasteiger partial charge in [0.05, 0.1) is 11.5 Å². The number of likely N-dealkylation sites (N-methyl/N-ethyl adjacent to an activating group) is 2. The summed E-state index contributed by atoms with van der Waals surface area (Å²) in [6.45, 7) is 7.89. The molecule has 0 fully saturated rings. The largest absolute Gasteiger partial charge is 0.373 e. The zero-order valence-electron chi connectivity index (χ0n) is 12.0.